The molecule has 1 heterocycles. The Morgan fingerprint density at radius 3 is 2.65 bits per heavy atom. The molecule has 2 rings (SSSR count). The molecule has 2 fully saturated rings. The van der Waals surface area contributed by atoms with E-state index in [2.05, 4.69) is 4.74 Å². The van der Waals surface area contributed by atoms with Gasteiger partial charge in [-0.2, -0.15) is 0 Å². The summed E-state index contributed by atoms with van der Waals surface area (Å²) < 4.78 is 10.6. The molecule has 0 amide bonds. The fraction of sp³-hybridized carbons (Fsp3) is 0.875. The van der Waals surface area contributed by atoms with E-state index in [9.17, 15) is 9.59 Å². The van der Waals surface area contributed by atoms with Crippen molar-refractivity contribution in [1.29, 1.82) is 0 Å². The zero-order valence-electron chi connectivity index (χ0n) is 12.5. The molecule has 0 bridgehead atoms. The van der Waals surface area contributed by atoms with Crippen molar-refractivity contribution in [3.8, 4) is 0 Å². The van der Waals surface area contributed by atoms with Gasteiger partial charge < -0.3 is 9.47 Å². The van der Waals surface area contributed by atoms with Gasteiger partial charge in [0.05, 0.1) is 19.1 Å². The summed E-state index contributed by atoms with van der Waals surface area (Å²) in [7, 11) is 1.36. The van der Waals surface area contributed by atoms with Crippen LogP contribution in [0.4, 0.5) is 0 Å². The Bertz CT molecular complexity index is 339. The zero-order chi connectivity index (χ0) is 14.4. The van der Waals surface area contributed by atoms with E-state index in [4.69, 9.17) is 4.74 Å². The molecule has 1 spiro atoms. The second-order valence-electron chi connectivity index (χ2n) is 6.27. The van der Waals surface area contributed by atoms with E-state index in [1.165, 1.54) is 26.4 Å². The predicted molar refractivity (Wildman–Crippen MR) is 75.4 cm³/mol. The Kier molecular flexibility index (Phi) is 5.58. The van der Waals surface area contributed by atoms with Crippen LogP contribution in [-0.4, -0.2) is 31.1 Å². The molecule has 1 aliphatic carbocycles. The quantitative estimate of drug-likeness (QED) is 0.727. The zero-order valence-corrected chi connectivity index (χ0v) is 12.5. The lowest BCUT2D eigenvalue weighted by Crippen LogP contribution is -2.41. The van der Waals surface area contributed by atoms with Crippen molar-refractivity contribution in [3.05, 3.63) is 0 Å². The van der Waals surface area contributed by atoms with Crippen molar-refractivity contribution in [1.82, 2.24) is 0 Å². The largest absolute Gasteiger partial charge is 0.469 e. The normalized spacial score (nSPS) is 25.4. The van der Waals surface area contributed by atoms with E-state index < -0.39 is 0 Å². The third-order valence-corrected chi connectivity index (χ3v) is 4.71. The highest BCUT2D eigenvalue weighted by Gasteiger charge is 2.38. The summed E-state index contributed by atoms with van der Waals surface area (Å²) >= 11 is 0. The summed E-state index contributed by atoms with van der Waals surface area (Å²) in [5, 5.41) is 0. The average Bonchev–Trinajstić information content (AvgIpc) is 2.45. The molecule has 114 valence electrons. The first kappa shape index (κ1) is 15.5. The van der Waals surface area contributed by atoms with Crippen molar-refractivity contribution in [2.75, 3.05) is 13.7 Å². The second-order valence-corrected chi connectivity index (χ2v) is 6.27. The standard InChI is InChI=1S/C16H26O4/c1-19-15(18)6-5-14(17)11-13-7-10-20-16(12-13)8-3-2-4-9-16/h13H,2-12H2,1H3. The van der Waals surface area contributed by atoms with Crippen molar-refractivity contribution in [3.63, 3.8) is 0 Å². The van der Waals surface area contributed by atoms with Crippen LogP contribution >= 0.6 is 0 Å². The van der Waals surface area contributed by atoms with E-state index in [0.717, 1.165) is 32.3 Å². The van der Waals surface area contributed by atoms with Crippen LogP contribution in [0.15, 0.2) is 0 Å². The van der Waals surface area contributed by atoms with Gasteiger partial charge in [-0.1, -0.05) is 19.3 Å². The van der Waals surface area contributed by atoms with Crippen LogP contribution in [0.5, 0.6) is 0 Å². The molecule has 1 atom stereocenters. The summed E-state index contributed by atoms with van der Waals surface area (Å²) in [5.74, 6) is 0.328. The van der Waals surface area contributed by atoms with Crippen molar-refractivity contribution >= 4 is 11.8 Å². The SMILES string of the molecule is COC(=O)CCC(=O)CC1CCOC2(CCCCC2)C1. The number of hydrogen-bond donors (Lipinski definition) is 0. The van der Waals surface area contributed by atoms with Gasteiger partial charge in [-0.3, -0.25) is 9.59 Å². The maximum Gasteiger partial charge on any atom is 0.305 e. The molecular formula is C16H26O4. The molecule has 0 radical (unpaired) electrons. The molecule has 0 aromatic heterocycles. The van der Waals surface area contributed by atoms with Crippen molar-refractivity contribution in [2.24, 2.45) is 5.92 Å². The number of Topliss-reactive ketones (excluding diaryl/α,β-unsaturated/α-hetero) is 1. The van der Waals surface area contributed by atoms with E-state index in [0.29, 0.717) is 18.8 Å². The third-order valence-electron chi connectivity index (χ3n) is 4.71. The average molecular weight is 282 g/mol. The summed E-state index contributed by atoms with van der Waals surface area (Å²) in [6.45, 7) is 0.787. The van der Waals surface area contributed by atoms with Gasteiger partial charge >= 0.3 is 5.97 Å². The number of hydrogen-bond acceptors (Lipinski definition) is 4. The summed E-state index contributed by atoms with van der Waals surface area (Å²) in [6.07, 6.45) is 9.26. The lowest BCUT2D eigenvalue weighted by Gasteiger charge is -2.43. The molecule has 2 aliphatic rings. The molecule has 1 saturated heterocycles. The van der Waals surface area contributed by atoms with Gasteiger partial charge in [0.2, 0.25) is 0 Å². The van der Waals surface area contributed by atoms with Gasteiger partial charge in [-0.15, -0.1) is 0 Å². The highest BCUT2D eigenvalue weighted by Crippen LogP contribution is 2.41. The van der Waals surface area contributed by atoms with Crippen LogP contribution in [-0.2, 0) is 19.1 Å². The lowest BCUT2D eigenvalue weighted by molar-refractivity contribution is -0.142. The Morgan fingerprint density at radius 1 is 1.20 bits per heavy atom. The van der Waals surface area contributed by atoms with Gasteiger partial charge in [0.15, 0.2) is 0 Å². The highest BCUT2D eigenvalue weighted by atomic mass is 16.5. The lowest BCUT2D eigenvalue weighted by atomic mass is 9.75. The molecule has 4 nitrogen and oxygen atoms in total. The van der Waals surface area contributed by atoms with E-state index in [1.54, 1.807) is 0 Å². The molecular weight excluding hydrogens is 256 g/mol. The maximum atomic E-state index is 12.0. The van der Waals surface area contributed by atoms with Crippen molar-refractivity contribution in [2.45, 2.75) is 69.8 Å². The second kappa shape index (κ2) is 7.21. The Morgan fingerprint density at radius 2 is 1.95 bits per heavy atom. The summed E-state index contributed by atoms with van der Waals surface area (Å²) in [4.78, 5) is 23.0. The van der Waals surface area contributed by atoms with E-state index in [-0.39, 0.29) is 23.8 Å². The number of ketones is 1. The van der Waals surface area contributed by atoms with Crippen LogP contribution in [0.1, 0.15) is 64.2 Å². The van der Waals surface area contributed by atoms with Crippen LogP contribution < -0.4 is 0 Å². The molecule has 1 unspecified atom stereocenters. The fourth-order valence-electron chi connectivity index (χ4n) is 3.62. The van der Waals surface area contributed by atoms with Crippen LogP contribution in [0.3, 0.4) is 0 Å². The third kappa shape index (κ3) is 4.30. The minimum absolute atomic E-state index is 0.0593. The summed E-state index contributed by atoms with van der Waals surface area (Å²) in [6, 6.07) is 0. The monoisotopic (exact) mass is 282 g/mol. The van der Waals surface area contributed by atoms with Crippen LogP contribution in [0.2, 0.25) is 0 Å². The molecule has 1 saturated carbocycles. The Labute approximate surface area is 121 Å². The molecule has 20 heavy (non-hydrogen) atoms. The maximum absolute atomic E-state index is 12.0. The van der Waals surface area contributed by atoms with Gasteiger partial charge in [0.1, 0.15) is 5.78 Å². The van der Waals surface area contributed by atoms with E-state index in [1.807, 2.05) is 0 Å². The Balaban J connectivity index is 1.77. The number of rotatable bonds is 5. The number of esters is 1. The molecule has 0 aromatic carbocycles. The number of methoxy groups -OCH3 is 1. The topological polar surface area (TPSA) is 52.6 Å². The number of ether oxygens (including phenoxy) is 2. The van der Waals surface area contributed by atoms with Gasteiger partial charge in [-0.25, -0.2) is 0 Å². The van der Waals surface area contributed by atoms with Gasteiger partial charge in [-0.05, 0) is 31.6 Å². The van der Waals surface area contributed by atoms with Crippen LogP contribution in [0, 0.1) is 5.92 Å². The first-order valence-electron chi connectivity index (χ1n) is 7.86. The fourth-order valence-corrected chi connectivity index (χ4v) is 3.62. The first-order valence-corrected chi connectivity index (χ1v) is 7.86. The highest BCUT2D eigenvalue weighted by molar-refractivity contribution is 5.83. The first-order chi connectivity index (χ1) is 9.63. The van der Waals surface area contributed by atoms with Crippen LogP contribution in [0.25, 0.3) is 0 Å². The van der Waals surface area contributed by atoms with Gasteiger partial charge in [0.25, 0.3) is 0 Å². The minimum atomic E-state index is -0.297. The smallest absolute Gasteiger partial charge is 0.305 e. The minimum Gasteiger partial charge on any atom is -0.469 e. The molecule has 4 heteroatoms. The molecule has 0 aromatic rings. The molecule has 1 aliphatic heterocycles. The van der Waals surface area contributed by atoms with E-state index >= 15 is 0 Å². The molecule has 0 N–H and O–H groups in total. The van der Waals surface area contributed by atoms with Crippen molar-refractivity contribution < 1.29 is 19.1 Å². The predicted octanol–water partition coefficient (Wildman–Crippen LogP) is 3.03. The Hall–Kier alpha value is -0.900. The summed E-state index contributed by atoms with van der Waals surface area (Å²) in [5.41, 5.74) is 0.0593. The van der Waals surface area contributed by atoms with Gasteiger partial charge in [0, 0.05) is 19.4 Å². The number of carbonyl (C=O) groups excluding carboxylic acids is 2. The number of carbonyl (C=O) groups is 2.